The normalized spacial score (nSPS) is 10.4. The summed E-state index contributed by atoms with van der Waals surface area (Å²) in [7, 11) is 0. The third kappa shape index (κ3) is 3.74. The molecule has 0 atom stereocenters. The molecule has 20 heavy (non-hydrogen) atoms. The summed E-state index contributed by atoms with van der Waals surface area (Å²) in [6, 6.07) is 11.6. The molecule has 0 aliphatic rings. The van der Waals surface area contributed by atoms with Gasteiger partial charge in [0.05, 0.1) is 6.54 Å². The van der Waals surface area contributed by atoms with Gasteiger partial charge in [0.2, 0.25) is 5.91 Å². The molecule has 1 N–H and O–H groups in total. The highest BCUT2D eigenvalue weighted by molar-refractivity contribution is 7.16. The lowest BCUT2D eigenvalue weighted by Gasteiger charge is -1.99. The van der Waals surface area contributed by atoms with E-state index in [0.29, 0.717) is 0 Å². The first kappa shape index (κ1) is 14.4. The van der Waals surface area contributed by atoms with Gasteiger partial charge in [-0.3, -0.25) is 4.79 Å². The molecule has 100 valence electrons. The highest BCUT2D eigenvalue weighted by atomic mass is 35.5. The topological polar surface area (TPSA) is 29.1 Å². The third-order valence-electron chi connectivity index (χ3n) is 2.53. The second kappa shape index (κ2) is 6.95. The van der Waals surface area contributed by atoms with Crippen LogP contribution in [0.3, 0.4) is 0 Å². The molecule has 1 aromatic carbocycles. The van der Waals surface area contributed by atoms with Crippen LogP contribution in [0.4, 0.5) is 0 Å². The summed E-state index contributed by atoms with van der Waals surface area (Å²) in [5.74, 6) is 2.15. The van der Waals surface area contributed by atoms with Gasteiger partial charge in [0.15, 0.2) is 0 Å². The zero-order valence-corrected chi connectivity index (χ0v) is 12.2. The summed E-state index contributed by atoms with van der Waals surface area (Å²) in [5, 5.41) is 3.29. The fourth-order valence-corrected chi connectivity index (χ4v) is 2.85. The molecule has 0 fully saturated rings. The van der Waals surface area contributed by atoms with E-state index in [0.717, 1.165) is 20.3 Å². The van der Waals surface area contributed by atoms with Gasteiger partial charge in [0.1, 0.15) is 0 Å². The Labute approximate surface area is 127 Å². The van der Waals surface area contributed by atoms with E-state index in [4.69, 9.17) is 18.0 Å². The molecule has 2 rings (SSSR count). The molecule has 0 aliphatic heterocycles. The van der Waals surface area contributed by atoms with E-state index in [9.17, 15) is 4.79 Å². The second-order valence-corrected chi connectivity index (χ2v) is 5.46. The first-order chi connectivity index (χ1) is 9.70. The Morgan fingerprint density at radius 2 is 2.15 bits per heavy atom. The van der Waals surface area contributed by atoms with Crippen LogP contribution < -0.4 is 5.32 Å². The van der Waals surface area contributed by atoms with Gasteiger partial charge >= 0.3 is 0 Å². The molecule has 0 saturated carbocycles. The molecular formula is C16H12ClNOS. The Kier molecular flexibility index (Phi) is 5.00. The van der Waals surface area contributed by atoms with Crippen molar-refractivity contribution in [2.45, 2.75) is 0 Å². The number of nitrogens with one attached hydrogen (secondary N) is 1. The molecular weight excluding hydrogens is 290 g/mol. The van der Waals surface area contributed by atoms with Crippen LogP contribution in [0.1, 0.15) is 4.88 Å². The molecule has 0 saturated heterocycles. The van der Waals surface area contributed by atoms with E-state index >= 15 is 0 Å². The van der Waals surface area contributed by atoms with E-state index in [2.05, 4.69) is 11.2 Å². The van der Waals surface area contributed by atoms with Crippen LogP contribution in [0.15, 0.2) is 42.5 Å². The van der Waals surface area contributed by atoms with Crippen molar-refractivity contribution in [2.24, 2.45) is 0 Å². The van der Waals surface area contributed by atoms with E-state index < -0.39 is 0 Å². The Balaban J connectivity index is 2.10. The lowest BCUT2D eigenvalue weighted by Crippen LogP contribution is -2.20. The van der Waals surface area contributed by atoms with Gasteiger partial charge in [-0.1, -0.05) is 35.7 Å². The van der Waals surface area contributed by atoms with E-state index in [1.54, 1.807) is 17.4 Å². The highest BCUT2D eigenvalue weighted by Crippen LogP contribution is 2.33. The van der Waals surface area contributed by atoms with Crippen LogP contribution in [-0.2, 0) is 4.79 Å². The van der Waals surface area contributed by atoms with Crippen molar-refractivity contribution < 1.29 is 4.79 Å². The fourth-order valence-electron chi connectivity index (χ4n) is 1.60. The van der Waals surface area contributed by atoms with Crippen LogP contribution in [-0.4, -0.2) is 12.5 Å². The van der Waals surface area contributed by atoms with Crippen molar-refractivity contribution in [3.63, 3.8) is 0 Å². The number of carbonyl (C=O) groups is 1. The molecule has 0 spiro atoms. The second-order valence-electron chi connectivity index (χ2n) is 3.94. The largest absolute Gasteiger partial charge is 0.342 e. The number of carbonyl (C=O) groups excluding carboxylic acids is 1. The summed E-state index contributed by atoms with van der Waals surface area (Å²) in [4.78, 5) is 13.4. The standard InChI is InChI=1S/C16H12ClNOS/c1-2-11-18-16(19)10-8-12-7-9-15(20-12)13-5-3-4-6-14(13)17/h1,3-10H,11H2,(H,18,19)/b10-8+. The molecule has 0 radical (unpaired) electrons. The van der Waals surface area contributed by atoms with Crippen molar-refractivity contribution in [3.05, 3.63) is 52.4 Å². The number of rotatable bonds is 4. The Morgan fingerprint density at radius 3 is 2.90 bits per heavy atom. The van der Waals surface area contributed by atoms with Gasteiger partial charge in [-0.05, 0) is 24.3 Å². The van der Waals surface area contributed by atoms with Crippen molar-refractivity contribution in [2.75, 3.05) is 6.54 Å². The van der Waals surface area contributed by atoms with Gasteiger partial charge in [0, 0.05) is 26.4 Å². The summed E-state index contributed by atoms with van der Waals surface area (Å²) in [6.07, 6.45) is 8.30. The smallest absolute Gasteiger partial charge is 0.244 e. The molecule has 2 aromatic rings. The van der Waals surface area contributed by atoms with Crippen LogP contribution in [0.5, 0.6) is 0 Å². The Hall–Kier alpha value is -2.02. The molecule has 0 unspecified atom stereocenters. The number of benzene rings is 1. The van der Waals surface area contributed by atoms with E-state index in [1.165, 1.54) is 6.08 Å². The number of thiophene rings is 1. The van der Waals surface area contributed by atoms with Crippen LogP contribution in [0.2, 0.25) is 5.02 Å². The fraction of sp³-hybridized carbons (Fsp3) is 0.0625. The van der Waals surface area contributed by atoms with Gasteiger partial charge in [0.25, 0.3) is 0 Å². The SMILES string of the molecule is C#CCNC(=O)/C=C/c1ccc(-c2ccccc2Cl)s1. The number of amides is 1. The zero-order valence-electron chi connectivity index (χ0n) is 10.6. The van der Waals surface area contributed by atoms with E-state index in [1.807, 2.05) is 36.4 Å². The predicted octanol–water partition coefficient (Wildman–Crippen LogP) is 3.83. The highest BCUT2D eigenvalue weighted by Gasteiger charge is 2.05. The number of terminal acetylenes is 1. The first-order valence-electron chi connectivity index (χ1n) is 5.95. The number of hydrogen-bond acceptors (Lipinski definition) is 2. The lowest BCUT2D eigenvalue weighted by atomic mass is 10.2. The van der Waals surface area contributed by atoms with Crippen molar-refractivity contribution >= 4 is 34.9 Å². The maximum atomic E-state index is 11.4. The summed E-state index contributed by atoms with van der Waals surface area (Å²) >= 11 is 7.73. The van der Waals surface area contributed by atoms with Crippen LogP contribution >= 0.6 is 22.9 Å². The van der Waals surface area contributed by atoms with Crippen molar-refractivity contribution in [3.8, 4) is 22.8 Å². The summed E-state index contributed by atoms with van der Waals surface area (Å²) < 4.78 is 0. The molecule has 1 heterocycles. The summed E-state index contributed by atoms with van der Waals surface area (Å²) in [5.41, 5.74) is 0.996. The van der Waals surface area contributed by atoms with Crippen LogP contribution in [0.25, 0.3) is 16.5 Å². The van der Waals surface area contributed by atoms with Gasteiger partial charge in [-0.25, -0.2) is 0 Å². The molecule has 0 bridgehead atoms. The average molecular weight is 302 g/mol. The van der Waals surface area contributed by atoms with Crippen LogP contribution in [0, 0.1) is 12.3 Å². The quantitative estimate of drug-likeness (QED) is 0.675. The predicted molar refractivity (Wildman–Crippen MR) is 85.6 cm³/mol. The molecule has 1 aromatic heterocycles. The molecule has 0 aliphatic carbocycles. The first-order valence-corrected chi connectivity index (χ1v) is 7.14. The number of hydrogen-bond donors (Lipinski definition) is 1. The van der Waals surface area contributed by atoms with Crippen molar-refractivity contribution in [1.29, 1.82) is 0 Å². The minimum atomic E-state index is -0.198. The third-order valence-corrected chi connectivity index (χ3v) is 3.94. The lowest BCUT2D eigenvalue weighted by molar-refractivity contribution is -0.116. The number of halogens is 1. The van der Waals surface area contributed by atoms with E-state index in [-0.39, 0.29) is 12.5 Å². The molecule has 2 nitrogen and oxygen atoms in total. The molecule has 1 amide bonds. The zero-order chi connectivity index (χ0) is 14.4. The Morgan fingerprint density at radius 1 is 1.35 bits per heavy atom. The van der Waals surface area contributed by atoms with Gasteiger partial charge in [-0.15, -0.1) is 17.8 Å². The van der Waals surface area contributed by atoms with Gasteiger partial charge < -0.3 is 5.32 Å². The van der Waals surface area contributed by atoms with Gasteiger partial charge in [-0.2, -0.15) is 0 Å². The van der Waals surface area contributed by atoms with Crippen molar-refractivity contribution in [1.82, 2.24) is 5.32 Å². The summed E-state index contributed by atoms with van der Waals surface area (Å²) in [6.45, 7) is 0.235. The average Bonchev–Trinajstić information content (AvgIpc) is 2.92. The Bertz CT molecular complexity index is 682. The minimum Gasteiger partial charge on any atom is -0.342 e. The maximum Gasteiger partial charge on any atom is 0.244 e. The maximum absolute atomic E-state index is 11.4. The minimum absolute atomic E-state index is 0.198. The molecule has 4 heteroatoms. The monoisotopic (exact) mass is 301 g/mol.